The van der Waals surface area contributed by atoms with Gasteiger partial charge in [-0.15, -0.1) is 11.8 Å². The molecule has 0 aliphatic carbocycles. The van der Waals surface area contributed by atoms with E-state index in [1.807, 2.05) is 31.2 Å². The summed E-state index contributed by atoms with van der Waals surface area (Å²) in [4.78, 5) is 23.5. The molecule has 1 amide bonds. The minimum absolute atomic E-state index is 0.0607. The number of amides is 1. The summed E-state index contributed by atoms with van der Waals surface area (Å²) in [6.45, 7) is 2.45. The Labute approximate surface area is 127 Å². The number of carboxylic acids is 1. The number of carboxylic acid groups (broad SMARTS) is 1. The minimum Gasteiger partial charge on any atom is -0.494 e. The Hall–Kier alpha value is -1.73. The van der Waals surface area contributed by atoms with Gasteiger partial charge in [-0.3, -0.25) is 4.79 Å². The molecular weight excluding hydrogens is 294 g/mol. The highest BCUT2D eigenvalue weighted by molar-refractivity contribution is 8.00. The fraction of sp³-hybridized carbons (Fsp3) is 0.429. The maximum atomic E-state index is 11.7. The van der Waals surface area contributed by atoms with Crippen LogP contribution >= 0.6 is 11.8 Å². The molecule has 0 fully saturated rings. The van der Waals surface area contributed by atoms with Crippen LogP contribution in [0.1, 0.15) is 6.92 Å². The standard InChI is InChI=1S/C14H19NO5S/c1-3-20-10-4-6-11(7-5-10)21-9-13(16)15-12(8-19-2)14(17)18/h4-7,12H,3,8-9H2,1-2H3,(H,15,16)(H,17,18). The molecule has 0 aromatic heterocycles. The Kier molecular flexibility index (Phi) is 7.63. The molecule has 116 valence electrons. The van der Waals surface area contributed by atoms with Gasteiger partial charge in [-0.25, -0.2) is 4.79 Å². The summed E-state index contributed by atoms with van der Waals surface area (Å²) in [7, 11) is 1.39. The predicted octanol–water partition coefficient (Wildman–Crippen LogP) is 1.39. The van der Waals surface area contributed by atoms with Crippen LogP contribution in [0.4, 0.5) is 0 Å². The average molecular weight is 313 g/mol. The Balaban J connectivity index is 2.43. The molecule has 7 heteroatoms. The van der Waals surface area contributed by atoms with Gasteiger partial charge < -0.3 is 19.9 Å². The van der Waals surface area contributed by atoms with Crippen LogP contribution < -0.4 is 10.1 Å². The molecule has 0 bridgehead atoms. The molecule has 0 heterocycles. The number of benzene rings is 1. The van der Waals surface area contributed by atoms with Gasteiger partial charge in [-0.1, -0.05) is 0 Å². The number of thioether (sulfide) groups is 1. The Morgan fingerprint density at radius 1 is 1.33 bits per heavy atom. The predicted molar refractivity (Wildman–Crippen MR) is 79.8 cm³/mol. The second-order valence-electron chi connectivity index (χ2n) is 4.11. The number of carbonyl (C=O) groups is 2. The van der Waals surface area contributed by atoms with Crippen molar-refractivity contribution in [3.8, 4) is 5.75 Å². The zero-order valence-electron chi connectivity index (χ0n) is 12.0. The fourth-order valence-electron chi connectivity index (χ4n) is 1.52. The van der Waals surface area contributed by atoms with Crippen LogP contribution in [0.2, 0.25) is 0 Å². The molecule has 1 aromatic rings. The topological polar surface area (TPSA) is 84.9 Å². The van der Waals surface area contributed by atoms with Crippen LogP contribution in [-0.2, 0) is 14.3 Å². The van der Waals surface area contributed by atoms with Crippen LogP contribution in [0.15, 0.2) is 29.2 Å². The average Bonchev–Trinajstić information content (AvgIpc) is 2.46. The molecule has 0 saturated carbocycles. The van der Waals surface area contributed by atoms with E-state index in [0.717, 1.165) is 10.6 Å². The van der Waals surface area contributed by atoms with Gasteiger partial charge in [0.2, 0.25) is 5.91 Å². The fourth-order valence-corrected chi connectivity index (χ4v) is 2.23. The molecule has 21 heavy (non-hydrogen) atoms. The first-order valence-corrected chi connectivity index (χ1v) is 7.42. The summed E-state index contributed by atoms with van der Waals surface area (Å²) in [6, 6.07) is 6.34. The number of ether oxygens (including phenoxy) is 2. The summed E-state index contributed by atoms with van der Waals surface area (Å²) >= 11 is 1.33. The van der Waals surface area contributed by atoms with E-state index in [1.54, 1.807) is 0 Å². The molecule has 6 nitrogen and oxygen atoms in total. The maximum absolute atomic E-state index is 11.7. The lowest BCUT2D eigenvalue weighted by molar-refractivity contribution is -0.142. The van der Waals surface area contributed by atoms with E-state index in [9.17, 15) is 9.59 Å². The number of rotatable bonds is 9. The van der Waals surface area contributed by atoms with Crippen molar-refractivity contribution in [2.45, 2.75) is 17.9 Å². The maximum Gasteiger partial charge on any atom is 0.328 e. The third-order valence-corrected chi connectivity index (χ3v) is 3.48. The van der Waals surface area contributed by atoms with Crippen molar-refractivity contribution in [2.75, 3.05) is 26.1 Å². The Morgan fingerprint density at radius 3 is 2.52 bits per heavy atom. The summed E-state index contributed by atoms with van der Waals surface area (Å²) in [5, 5.41) is 11.3. The molecule has 1 atom stereocenters. The Morgan fingerprint density at radius 2 is 2.00 bits per heavy atom. The molecule has 2 N–H and O–H groups in total. The monoisotopic (exact) mass is 313 g/mol. The van der Waals surface area contributed by atoms with Gasteiger partial charge in [0.1, 0.15) is 5.75 Å². The largest absolute Gasteiger partial charge is 0.494 e. The van der Waals surface area contributed by atoms with Gasteiger partial charge >= 0.3 is 5.97 Å². The highest BCUT2D eigenvalue weighted by atomic mass is 32.2. The second-order valence-corrected chi connectivity index (χ2v) is 5.16. The molecule has 0 aliphatic rings. The third-order valence-electron chi connectivity index (χ3n) is 2.47. The van der Waals surface area contributed by atoms with E-state index in [0.29, 0.717) is 6.61 Å². The number of hydrogen-bond acceptors (Lipinski definition) is 5. The highest BCUT2D eigenvalue weighted by Gasteiger charge is 2.19. The first-order valence-electron chi connectivity index (χ1n) is 6.43. The van der Waals surface area contributed by atoms with Crippen molar-refractivity contribution in [3.63, 3.8) is 0 Å². The van der Waals surface area contributed by atoms with Crippen LogP contribution in [0.3, 0.4) is 0 Å². The normalized spacial score (nSPS) is 11.7. The van der Waals surface area contributed by atoms with Gasteiger partial charge in [0.05, 0.1) is 19.0 Å². The van der Waals surface area contributed by atoms with Crippen molar-refractivity contribution in [2.24, 2.45) is 0 Å². The number of methoxy groups -OCH3 is 1. The molecule has 0 saturated heterocycles. The van der Waals surface area contributed by atoms with Gasteiger partial charge in [0.15, 0.2) is 6.04 Å². The zero-order chi connectivity index (χ0) is 15.7. The van der Waals surface area contributed by atoms with E-state index in [2.05, 4.69) is 5.32 Å². The van der Waals surface area contributed by atoms with Crippen molar-refractivity contribution >= 4 is 23.6 Å². The summed E-state index contributed by atoms with van der Waals surface area (Å²) < 4.78 is 10.1. The van der Waals surface area contributed by atoms with E-state index in [1.165, 1.54) is 18.9 Å². The quantitative estimate of drug-likeness (QED) is 0.670. The molecule has 0 aliphatic heterocycles. The summed E-state index contributed by atoms with van der Waals surface area (Å²) in [5.74, 6) is -0.548. The van der Waals surface area contributed by atoms with Gasteiger partial charge in [-0.05, 0) is 31.2 Å². The highest BCUT2D eigenvalue weighted by Crippen LogP contribution is 2.21. The van der Waals surface area contributed by atoms with Gasteiger partial charge in [0, 0.05) is 12.0 Å². The molecule has 1 unspecified atom stereocenters. The van der Waals surface area contributed by atoms with Crippen LogP contribution in [-0.4, -0.2) is 49.1 Å². The summed E-state index contributed by atoms with van der Waals surface area (Å²) in [6.07, 6.45) is 0. The summed E-state index contributed by atoms with van der Waals surface area (Å²) in [5.41, 5.74) is 0. The smallest absolute Gasteiger partial charge is 0.328 e. The molecule has 1 rings (SSSR count). The van der Waals surface area contributed by atoms with E-state index >= 15 is 0 Å². The van der Waals surface area contributed by atoms with E-state index < -0.39 is 12.0 Å². The molecule has 0 spiro atoms. The van der Waals surface area contributed by atoms with Crippen molar-refractivity contribution in [3.05, 3.63) is 24.3 Å². The van der Waals surface area contributed by atoms with Crippen LogP contribution in [0.25, 0.3) is 0 Å². The third kappa shape index (κ3) is 6.50. The van der Waals surface area contributed by atoms with E-state index in [4.69, 9.17) is 14.6 Å². The van der Waals surface area contributed by atoms with Crippen molar-refractivity contribution < 1.29 is 24.2 Å². The first kappa shape index (κ1) is 17.3. The number of nitrogens with one attached hydrogen (secondary N) is 1. The number of aliphatic carboxylic acids is 1. The lowest BCUT2D eigenvalue weighted by Crippen LogP contribution is -2.44. The van der Waals surface area contributed by atoms with Crippen LogP contribution in [0, 0.1) is 0 Å². The molecular formula is C14H19NO5S. The first-order chi connectivity index (χ1) is 10.1. The van der Waals surface area contributed by atoms with E-state index in [-0.39, 0.29) is 18.3 Å². The van der Waals surface area contributed by atoms with Gasteiger partial charge in [-0.2, -0.15) is 0 Å². The van der Waals surface area contributed by atoms with Crippen molar-refractivity contribution in [1.82, 2.24) is 5.32 Å². The number of hydrogen-bond donors (Lipinski definition) is 2. The zero-order valence-corrected chi connectivity index (χ0v) is 12.8. The van der Waals surface area contributed by atoms with Crippen LogP contribution in [0.5, 0.6) is 5.75 Å². The minimum atomic E-state index is -1.11. The second kappa shape index (κ2) is 9.25. The Bertz CT molecular complexity index is 463. The van der Waals surface area contributed by atoms with Crippen molar-refractivity contribution in [1.29, 1.82) is 0 Å². The molecule has 1 aromatic carbocycles. The van der Waals surface area contributed by atoms with Gasteiger partial charge in [0.25, 0.3) is 0 Å². The lowest BCUT2D eigenvalue weighted by atomic mass is 10.3. The molecule has 0 radical (unpaired) electrons. The lowest BCUT2D eigenvalue weighted by Gasteiger charge is -2.13. The SMILES string of the molecule is CCOc1ccc(SCC(=O)NC(COC)C(=O)O)cc1. The number of carbonyl (C=O) groups excluding carboxylic acids is 1.